The van der Waals surface area contributed by atoms with E-state index in [-0.39, 0.29) is 12.3 Å². The van der Waals surface area contributed by atoms with Crippen molar-refractivity contribution in [2.24, 2.45) is 0 Å². The molecule has 1 aromatic rings. The molecule has 2 N–H and O–H groups in total. The van der Waals surface area contributed by atoms with E-state index in [0.29, 0.717) is 11.1 Å². The smallest absolute Gasteiger partial charge is 0.326 e. The first-order valence-corrected chi connectivity index (χ1v) is 5.65. The molecule has 4 heteroatoms. The molecule has 96 valence electrons. The number of rotatable bonds is 5. The molecule has 0 spiro atoms. The lowest BCUT2D eigenvalue weighted by molar-refractivity contribution is -0.139. The standard InChI is InChI=1S/C14H17NO3/c1-9(2)8-12(14(17)18)15-13(16)11-7-5-4-6-10(11)3/h4-7,12H,1,8H2,2-3H3,(H,15,16)(H,17,18). The SMILES string of the molecule is C=C(C)CC(NC(=O)c1ccccc1C)C(=O)O. The van der Waals surface area contributed by atoms with Gasteiger partial charge in [-0.25, -0.2) is 4.79 Å². The summed E-state index contributed by atoms with van der Waals surface area (Å²) < 4.78 is 0. The van der Waals surface area contributed by atoms with Crippen LogP contribution in [0.4, 0.5) is 0 Å². The first-order chi connectivity index (χ1) is 8.41. The van der Waals surface area contributed by atoms with Gasteiger partial charge in [-0.1, -0.05) is 23.8 Å². The second kappa shape index (κ2) is 6.00. The van der Waals surface area contributed by atoms with Crippen molar-refractivity contribution in [1.29, 1.82) is 0 Å². The summed E-state index contributed by atoms with van der Waals surface area (Å²) in [6.45, 7) is 7.20. The van der Waals surface area contributed by atoms with Crippen molar-refractivity contribution in [1.82, 2.24) is 5.32 Å². The Bertz CT molecular complexity index is 480. The average Bonchev–Trinajstić information content (AvgIpc) is 2.27. The number of hydrogen-bond donors (Lipinski definition) is 2. The Morgan fingerprint density at radius 1 is 1.39 bits per heavy atom. The fourth-order valence-corrected chi connectivity index (χ4v) is 1.61. The molecule has 0 saturated heterocycles. The van der Waals surface area contributed by atoms with Gasteiger partial charge in [0.25, 0.3) is 5.91 Å². The molecule has 1 atom stereocenters. The van der Waals surface area contributed by atoms with E-state index in [2.05, 4.69) is 11.9 Å². The fraction of sp³-hybridized carbons (Fsp3) is 0.286. The van der Waals surface area contributed by atoms with E-state index in [1.54, 1.807) is 19.1 Å². The summed E-state index contributed by atoms with van der Waals surface area (Å²) in [6, 6.07) is 6.12. The van der Waals surface area contributed by atoms with Crippen LogP contribution in [0.25, 0.3) is 0 Å². The normalized spacial score (nSPS) is 11.7. The van der Waals surface area contributed by atoms with E-state index < -0.39 is 12.0 Å². The molecular formula is C14H17NO3. The Labute approximate surface area is 106 Å². The number of carboxylic acid groups (broad SMARTS) is 1. The Morgan fingerprint density at radius 3 is 2.50 bits per heavy atom. The number of carbonyl (C=O) groups is 2. The van der Waals surface area contributed by atoms with Gasteiger partial charge in [-0.15, -0.1) is 6.58 Å². The van der Waals surface area contributed by atoms with Gasteiger partial charge in [0.15, 0.2) is 0 Å². The summed E-state index contributed by atoms with van der Waals surface area (Å²) in [5, 5.41) is 11.5. The molecule has 0 fully saturated rings. The van der Waals surface area contributed by atoms with Crippen LogP contribution in [-0.2, 0) is 4.79 Å². The zero-order valence-electron chi connectivity index (χ0n) is 10.6. The number of carbonyl (C=O) groups excluding carboxylic acids is 1. The van der Waals surface area contributed by atoms with E-state index in [0.717, 1.165) is 5.56 Å². The predicted octanol–water partition coefficient (Wildman–Crippen LogP) is 2.14. The molecule has 0 radical (unpaired) electrons. The maximum atomic E-state index is 12.0. The van der Waals surface area contributed by atoms with Gasteiger partial charge in [-0.2, -0.15) is 0 Å². The molecule has 0 saturated carbocycles. The Hall–Kier alpha value is -2.10. The topological polar surface area (TPSA) is 66.4 Å². The minimum absolute atomic E-state index is 0.229. The zero-order valence-corrected chi connectivity index (χ0v) is 10.6. The van der Waals surface area contributed by atoms with Crippen LogP contribution in [0, 0.1) is 6.92 Å². The molecule has 1 unspecified atom stereocenters. The third kappa shape index (κ3) is 3.73. The van der Waals surface area contributed by atoms with Crippen molar-refractivity contribution in [3.8, 4) is 0 Å². The average molecular weight is 247 g/mol. The highest BCUT2D eigenvalue weighted by molar-refractivity contribution is 5.97. The number of benzene rings is 1. The van der Waals surface area contributed by atoms with E-state index >= 15 is 0 Å². The Balaban J connectivity index is 2.82. The summed E-state index contributed by atoms with van der Waals surface area (Å²) in [4.78, 5) is 23.0. The van der Waals surface area contributed by atoms with Gasteiger partial charge in [-0.3, -0.25) is 4.79 Å². The molecule has 0 bridgehead atoms. The number of nitrogens with one attached hydrogen (secondary N) is 1. The third-order valence-electron chi connectivity index (χ3n) is 2.55. The van der Waals surface area contributed by atoms with E-state index in [9.17, 15) is 9.59 Å². The highest BCUT2D eigenvalue weighted by atomic mass is 16.4. The lowest BCUT2D eigenvalue weighted by Crippen LogP contribution is -2.41. The monoisotopic (exact) mass is 247 g/mol. The van der Waals surface area contributed by atoms with Crippen LogP contribution in [0.3, 0.4) is 0 Å². The van der Waals surface area contributed by atoms with Gasteiger partial charge in [0.1, 0.15) is 6.04 Å². The second-order valence-corrected chi connectivity index (χ2v) is 4.34. The molecule has 1 rings (SSSR count). The van der Waals surface area contributed by atoms with Gasteiger partial charge in [0.2, 0.25) is 0 Å². The lowest BCUT2D eigenvalue weighted by atomic mass is 10.1. The van der Waals surface area contributed by atoms with Crippen molar-refractivity contribution in [2.45, 2.75) is 26.3 Å². The van der Waals surface area contributed by atoms with Gasteiger partial charge in [0, 0.05) is 5.56 Å². The summed E-state index contributed by atoms with van der Waals surface area (Å²) >= 11 is 0. The van der Waals surface area contributed by atoms with Crippen molar-refractivity contribution in [3.05, 3.63) is 47.5 Å². The van der Waals surface area contributed by atoms with Crippen molar-refractivity contribution in [2.75, 3.05) is 0 Å². The van der Waals surface area contributed by atoms with Crippen molar-refractivity contribution < 1.29 is 14.7 Å². The molecule has 0 aromatic heterocycles. The molecule has 0 heterocycles. The van der Waals surface area contributed by atoms with Crippen molar-refractivity contribution >= 4 is 11.9 Å². The highest BCUT2D eigenvalue weighted by Gasteiger charge is 2.21. The van der Waals surface area contributed by atoms with Gasteiger partial charge >= 0.3 is 5.97 Å². The van der Waals surface area contributed by atoms with Gasteiger partial charge < -0.3 is 10.4 Å². The number of carboxylic acids is 1. The largest absolute Gasteiger partial charge is 0.480 e. The van der Waals surface area contributed by atoms with E-state index in [1.165, 1.54) is 0 Å². The van der Waals surface area contributed by atoms with Crippen LogP contribution in [0.2, 0.25) is 0 Å². The van der Waals surface area contributed by atoms with Crippen LogP contribution in [-0.4, -0.2) is 23.0 Å². The summed E-state index contributed by atoms with van der Waals surface area (Å²) in [5.41, 5.74) is 2.02. The van der Waals surface area contributed by atoms with Crippen LogP contribution in [0.5, 0.6) is 0 Å². The van der Waals surface area contributed by atoms with Crippen LogP contribution >= 0.6 is 0 Å². The van der Waals surface area contributed by atoms with Crippen LogP contribution in [0.1, 0.15) is 29.3 Å². The number of amides is 1. The highest BCUT2D eigenvalue weighted by Crippen LogP contribution is 2.09. The molecule has 0 aliphatic rings. The van der Waals surface area contributed by atoms with Crippen molar-refractivity contribution in [3.63, 3.8) is 0 Å². The molecule has 0 aliphatic heterocycles. The molecule has 1 amide bonds. The lowest BCUT2D eigenvalue weighted by Gasteiger charge is -2.15. The first kappa shape index (κ1) is 14.0. The quantitative estimate of drug-likeness (QED) is 0.783. The summed E-state index contributed by atoms with van der Waals surface area (Å²) in [7, 11) is 0. The van der Waals surface area contributed by atoms with Gasteiger partial charge in [0.05, 0.1) is 0 Å². The summed E-state index contributed by atoms with van der Waals surface area (Å²) in [6.07, 6.45) is 0.229. The fourth-order valence-electron chi connectivity index (χ4n) is 1.61. The molecule has 4 nitrogen and oxygen atoms in total. The molecule has 18 heavy (non-hydrogen) atoms. The summed E-state index contributed by atoms with van der Waals surface area (Å²) in [5.74, 6) is -1.43. The Kier molecular flexibility index (Phi) is 4.66. The van der Waals surface area contributed by atoms with Gasteiger partial charge in [-0.05, 0) is 31.9 Å². The van der Waals surface area contributed by atoms with E-state index in [4.69, 9.17) is 5.11 Å². The number of aryl methyl sites for hydroxylation is 1. The minimum Gasteiger partial charge on any atom is -0.480 e. The predicted molar refractivity (Wildman–Crippen MR) is 69.5 cm³/mol. The second-order valence-electron chi connectivity index (χ2n) is 4.34. The molecule has 1 aromatic carbocycles. The molecule has 0 aliphatic carbocycles. The first-order valence-electron chi connectivity index (χ1n) is 5.65. The van der Waals surface area contributed by atoms with E-state index in [1.807, 2.05) is 19.1 Å². The third-order valence-corrected chi connectivity index (χ3v) is 2.55. The number of aliphatic carboxylic acids is 1. The zero-order chi connectivity index (χ0) is 13.7. The maximum absolute atomic E-state index is 12.0. The Morgan fingerprint density at radius 2 is 2.00 bits per heavy atom. The van der Waals surface area contributed by atoms with Crippen LogP contribution < -0.4 is 5.32 Å². The maximum Gasteiger partial charge on any atom is 0.326 e. The molecular weight excluding hydrogens is 230 g/mol. The van der Waals surface area contributed by atoms with Crippen LogP contribution in [0.15, 0.2) is 36.4 Å². The number of hydrogen-bond acceptors (Lipinski definition) is 2. The minimum atomic E-state index is -1.06.